The molecule has 40 valence electrons. The molecule has 0 unspecified atom stereocenters. The number of rotatable bonds is 2. The normalized spacial score (nSPS) is 11.5. The van der Waals surface area contributed by atoms with Gasteiger partial charge in [0.2, 0.25) is 0 Å². The second-order valence-electron chi connectivity index (χ2n) is 1.26. The minimum atomic E-state index is -0.301. The van der Waals surface area contributed by atoms with Crippen molar-refractivity contribution in [3.8, 4) is 0 Å². The molecule has 0 aliphatic rings. The van der Waals surface area contributed by atoms with E-state index >= 15 is 0 Å². The Bertz CT molecular complexity index is 23.1. The van der Waals surface area contributed by atoms with E-state index in [9.17, 15) is 0 Å². The Morgan fingerprint density at radius 3 is 1.50 bits per heavy atom. The van der Waals surface area contributed by atoms with Crippen molar-refractivity contribution in [1.82, 2.24) is 0 Å². The molecule has 0 saturated heterocycles. The number of halogens is 1. The van der Waals surface area contributed by atoms with Crippen LogP contribution in [0.4, 0.5) is 0 Å². The molecule has 0 atom stereocenters. The van der Waals surface area contributed by atoms with Gasteiger partial charge in [-0.25, -0.2) is 0 Å². The van der Waals surface area contributed by atoms with Gasteiger partial charge < -0.3 is 0 Å². The molecule has 0 rings (SSSR count). The van der Waals surface area contributed by atoms with Crippen LogP contribution in [0, 0.1) is 0 Å². The Kier molecular flexibility index (Phi) is 4.38. The molecule has 0 aromatic rings. The van der Waals surface area contributed by atoms with E-state index in [4.69, 9.17) is 0 Å². The predicted octanol–water partition coefficient (Wildman–Crippen LogP) is 2.16. The van der Waals surface area contributed by atoms with Crippen molar-refractivity contribution in [3.05, 3.63) is 0 Å². The average Bonchev–Trinajstić information content (AvgIpc) is 1.65. The van der Waals surface area contributed by atoms with Gasteiger partial charge in [-0.1, -0.05) is 0 Å². The first-order valence-corrected chi connectivity index (χ1v) is 7.54. The molecule has 0 nitrogen and oxygen atoms in total. The van der Waals surface area contributed by atoms with Gasteiger partial charge >= 0.3 is 47.5 Å². The summed E-state index contributed by atoms with van der Waals surface area (Å²) in [4.78, 5) is 2.43. The van der Waals surface area contributed by atoms with Crippen LogP contribution in [-0.2, 0) is 0 Å². The van der Waals surface area contributed by atoms with Gasteiger partial charge in [-0.3, -0.25) is 0 Å². The van der Waals surface area contributed by atoms with Crippen LogP contribution in [0.25, 0.3) is 0 Å². The maximum absolute atomic E-state index is 2.43. The Hall–Kier alpha value is 0.730. The van der Waals surface area contributed by atoms with Crippen LogP contribution < -0.4 is 0 Å². The molecule has 0 aromatic heterocycles. The number of hydrogen-bond acceptors (Lipinski definition) is 0. The maximum atomic E-state index is 2.43. The summed E-state index contributed by atoms with van der Waals surface area (Å²) >= 11 is -0.301. The van der Waals surface area contributed by atoms with Gasteiger partial charge in [-0.2, -0.15) is 0 Å². The first-order chi connectivity index (χ1) is 2.81. The topological polar surface area (TPSA) is 0 Å². The van der Waals surface area contributed by atoms with Crippen molar-refractivity contribution in [2.24, 2.45) is 0 Å². The molecule has 0 radical (unpaired) electrons. The zero-order valence-corrected chi connectivity index (χ0v) is 6.95. The van der Waals surface area contributed by atoms with Crippen LogP contribution in [0.2, 0.25) is 0 Å². The van der Waals surface area contributed by atoms with E-state index in [0.29, 0.717) is 0 Å². The molecule has 0 spiro atoms. The second kappa shape index (κ2) is 3.90. The van der Waals surface area contributed by atoms with Crippen molar-refractivity contribution < 1.29 is 0 Å². The van der Waals surface area contributed by atoms with E-state index in [-0.39, 0.29) is 19.8 Å². The Morgan fingerprint density at radius 2 is 1.50 bits per heavy atom. The van der Waals surface area contributed by atoms with Gasteiger partial charge in [0.25, 0.3) is 0 Å². The fraction of sp³-hybridized carbons (Fsp3) is 1.00. The predicted molar refractivity (Wildman–Crippen MR) is 41.0 cm³/mol. The summed E-state index contributed by atoms with van der Waals surface area (Å²) in [6, 6.07) is 0. The molecular weight excluding hydrogens is 187 g/mol. The third-order valence-electron chi connectivity index (χ3n) is 0.912. The van der Waals surface area contributed by atoms with Crippen molar-refractivity contribution in [1.29, 1.82) is 0 Å². The Balaban J connectivity index is 2.75. The Labute approximate surface area is 47.7 Å². The van der Waals surface area contributed by atoms with Gasteiger partial charge in [0.15, 0.2) is 0 Å². The molecule has 0 amide bonds. The second-order valence-corrected chi connectivity index (χ2v) is 8.44. The molecule has 0 heterocycles. The van der Waals surface area contributed by atoms with Crippen molar-refractivity contribution >= 4 is 19.8 Å². The van der Waals surface area contributed by atoms with Crippen molar-refractivity contribution in [2.45, 2.75) is 13.8 Å². The summed E-state index contributed by atoms with van der Waals surface area (Å²) in [6.45, 7) is 4.60. The average molecular weight is 200 g/mol. The van der Waals surface area contributed by atoms with Gasteiger partial charge in [0.05, 0.1) is 0 Å². The van der Waals surface area contributed by atoms with Crippen LogP contribution in [0.5, 0.6) is 0 Å². The minimum absolute atomic E-state index is 0.301. The van der Waals surface area contributed by atoms with Crippen LogP contribution in [0.3, 0.4) is 0 Å². The van der Waals surface area contributed by atoms with Crippen LogP contribution in [0.1, 0.15) is 13.8 Å². The summed E-state index contributed by atoms with van der Waals surface area (Å²) in [5.74, 6) is 0. The molecule has 0 N–H and O–H groups in total. The van der Waals surface area contributed by atoms with Gasteiger partial charge in [-0.15, -0.1) is 0 Å². The molecular formula is C5H13I. The third-order valence-corrected chi connectivity index (χ3v) is 6.12. The number of alkyl halides is 3. The van der Waals surface area contributed by atoms with E-state index in [1.54, 1.807) is 0 Å². The summed E-state index contributed by atoms with van der Waals surface area (Å²) < 4.78 is 2.97. The molecule has 0 aliphatic heterocycles. The molecule has 0 bridgehead atoms. The summed E-state index contributed by atoms with van der Waals surface area (Å²) in [5.41, 5.74) is 0. The van der Waals surface area contributed by atoms with Crippen molar-refractivity contribution in [2.75, 3.05) is 13.8 Å². The van der Waals surface area contributed by atoms with E-state index in [0.717, 1.165) is 0 Å². The van der Waals surface area contributed by atoms with E-state index in [1.807, 2.05) is 0 Å². The fourth-order valence-electron chi connectivity index (χ4n) is 0.189. The molecule has 0 fully saturated rings. The van der Waals surface area contributed by atoms with E-state index in [2.05, 4.69) is 18.8 Å². The zero-order valence-electron chi connectivity index (χ0n) is 4.79. The van der Waals surface area contributed by atoms with E-state index in [1.165, 1.54) is 8.86 Å². The fourth-order valence-corrected chi connectivity index (χ4v) is 1.27. The monoisotopic (exact) mass is 200 g/mol. The first kappa shape index (κ1) is 6.73. The SMILES string of the molecule is CCI(C)CC. The summed E-state index contributed by atoms with van der Waals surface area (Å²) in [7, 11) is 0. The molecule has 0 aromatic carbocycles. The van der Waals surface area contributed by atoms with Crippen LogP contribution in [0.15, 0.2) is 0 Å². The quantitative estimate of drug-likeness (QED) is 0.473. The van der Waals surface area contributed by atoms with Crippen molar-refractivity contribution in [3.63, 3.8) is 0 Å². The molecule has 1 heteroatoms. The summed E-state index contributed by atoms with van der Waals surface area (Å²) in [6.07, 6.45) is 0. The molecule has 0 aliphatic carbocycles. The first-order valence-electron chi connectivity index (χ1n) is 2.33. The third kappa shape index (κ3) is 2.94. The van der Waals surface area contributed by atoms with Crippen LogP contribution >= 0.6 is 19.8 Å². The molecule has 6 heavy (non-hydrogen) atoms. The van der Waals surface area contributed by atoms with Crippen LogP contribution in [-0.4, -0.2) is 13.8 Å². The Morgan fingerprint density at radius 1 is 1.17 bits per heavy atom. The number of hydrogen-bond donors (Lipinski definition) is 0. The van der Waals surface area contributed by atoms with Gasteiger partial charge in [-0.05, 0) is 0 Å². The summed E-state index contributed by atoms with van der Waals surface area (Å²) in [5, 5.41) is 0. The standard InChI is InChI=1S/C5H13I/c1-4-6(3)5-2/h4-5H2,1-3H3. The van der Waals surface area contributed by atoms with Gasteiger partial charge in [0, 0.05) is 0 Å². The van der Waals surface area contributed by atoms with E-state index < -0.39 is 0 Å². The molecule has 0 saturated carbocycles. The van der Waals surface area contributed by atoms with Gasteiger partial charge in [0.1, 0.15) is 0 Å². The zero-order chi connectivity index (χ0) is 4.99.